The van der Waals surface area contributed by atoms with E-state index in [1.807, 2.05) is 0 Å². The number of non-ortho nitro benzene ring substituents is 1. The molecular weight excluding hydrogens is 637 g/mol. The number of hydrogen-bond donors (Lipinski definition) is 3. The number of thiocarbonyl (C=S) groups is 1. The van der Waals surface area contributed by atoms with Crippen molar-refractivity contribution in [3.8, 4) is 16.4 Å². The number of nitro benzene ring substituents is 1. The van der Waals surface area contributed by atoms with Gasteiger partial charge in [-0.2, -0.15) is 9.78 Å². The maximum absolute atomic E-state index is 13.9. The Labute approximate surface area is 266 Å². The molecule has 0 saturated heterocycles. The van der Waals surface area contributed by atoms with Crippen molar-refractivity contribution in [1.29, 1.82) is 0 Å². The summed E-state index contributed by atoms with van der Waals surface area (Å²) in [5.74, 6) is -0.807. The molecule has 16 heteroatoms. The van der Waals surface area contributed by atoms with E-state index in [1.54, 1.807) is 66.0 Å². The van der Waals surface area contributed by atoms with Gasteiger partial charge >= 0.3 is 0 Å². The smallest absolute Gasteiger partial charge is 0.282 e. The minimum absolute atomic E-state index is 0.0333. The van der Waals surface area contributed by atoms with Crippen LogP contribution in [0.1, 0.15) is 20.7 Å². The number of fused-ring (bicyclic) bond motifs is 1. The Kier molecular flexibility index (Phi) is 8.15. The summed E-state index contributed by atoms with van der Waals surface area (Å²) in [7, 11) is 0. The molecular formula is C29H18N8O5S3. The van der Waals surface area contributed by atoms with E-state index in [2.05, 4.69) is 31.2 Å². The summed E-state index contributed by atoms with van der Waals surface area (Å²) < 4.78 is 1.09. The largest absolute Gasteiger partial charge is 0.323 e. The SMILES string of the molecule is O=C(NC(=S)Nc1scc2c(-c3nnc(NC(=O)c4ccccc4)s3)nn(-c3ccc([N+](=O)[O-])cc3)c(=O)c12)c1ccccc1. The fraction of sp³-hybridized carbons (Fsp3) is 0. The second kappa shape index (κ2) is 12.5. The number of amides is 2. The van der Waals surface area contributed by atoms with E-state index in [9.17, 15) is 24.5 Å². The fourth-order valence-electron chi connectivity index (χ4n) is 4.22. The Morgan fingerprint density at radius 2 is 1.51 bits per heavy atom. The van der Waals surface area contributed by atoms with Gasteiger partial charge in [0.25, 0.3) is 23.1 Å². The first kappa shape index (κ1) is 29.4. The van der Waals surface area contributed by atoms with E-state index >= 15 is 0 Å². The highest BCUT2D eigenvalue weighted by Gasteiger charge is 2.23. The van der Waals surface area contributed by atoms with Gasteiger partial charge in [-0.05, 0) is 48.6 Å². The highest BCUT2D eigenvalue weighted by molar-refractivity contribution is 7.80. The summed E-state index contributed by atoms with van der Waals surface area (Å²) in [5.41, 5.74) is 0.651. The normalized spacial score (nSPS) is 10.8. The van der Waals surface area contributed by atoms with Crippen LogP contribution in [0.3, 0.4) is 0 Å². The van der Waals surface area contributed by atoms with E-state index < -0.39 is 16.4 Å². The number of nitrogens with one attached hydrogen (secondary N) is 3. The van der Waals surface area contributed by atoms with Gasteiger partial charge in [0, 0.05) is 34.0 Å². The van der Waals surface area contributed by atoms with E-state index in [4.69, 9.17) is 12.2 Å². The predicted octanol–water partition coefficient (Wildman–Crippen LogP) is 5.25. The number of anilines is 2. The second-order valence-corrected chi connectivity index (χ2v) is 11.5. The lowest BCUT2D eigenvalue weighted by molar-refractivity contribution is -0.384. The molecule has 0 atom stereocenters. The van der Waals surface area contributed by atoms with Crippen molar-refractivity contribution in [2.24, 2.45) is 0 Å². The number of thiophene rings is 1. The van der Waals surface area contributed by atoms with Crippen LogP contribution in [0.2, 0.25) is 0 Å². The number of aromatic nitrogens is 4. The van der Waals surface area contributed by atoms with E-state index in [-0.39, 0.29) is 38.6 Å². The number of benzene rings is 3. The standard InChI is InChI=1S/C29H18N8O5S3/c38-23(16-7-3-1-4-8-16)30-28(43)32-25-21-20(15-44-25)22(35-36(27(21)40)18-11-13-19(14-12-18)37(41)42)26-33-34-29(45-26)31-24(39)17-9-5-2-6-10-17/h1-15H,(H,31,34,39)(H2,30,32,38,43). The van der Waals surface area contributed by atoms with Gasteiger partial charge in [0.1, 0.15) is 10.7 Å². The molecule has 6 rings (SSSR count). The van der Waals surface area contributed by atoms with Crippen LogP contribution in [0, 0.1) is 10.1 Å². The molecule has 0 fully saturated rings. The van der Waals surface area contributed by atoms with Crippen molar-refractivity contribution in [1.82, 2.24) is 25.3 Å². The van der Waals surface area contributed by atoms with Gasteiger partial charge in [0.15, 0.2) is 10.1 Å². The Morgan fingerprint density at radius 3 is 2.16 bits per heavy atom. The quantitative estimate of drug-likeness (QED) is 0.117. The summed E-state index contributed by atoms with van der Waals surface area (Å²) in [5, 5.41) is 35.4. The number of rotatable bonds is 7. The molecule has 0 unspecified atom stereocenters. The highest BCUT2D eigenvalue weighted by Crippen LogP contribution is 2.36. The zero-order chi connectivity index (χ0) is 31.5. The fourth-order valence-corrected chi connectivity index (χ4v) is 6.16. The van der Waals surface area contributed by atoms with Gasteiger partial charge in [0.2, 0.25) is 5.13 Å². The molecule has 6 aromatic rings. The van der Waals surface area contributed by atoms with Gasteiger partial charge in [-0.1, -0.05) is 47.7 Å². The van der Waals surface area contributed by atoms with Crippen LogP contribution in [0.4, 0.5) is 15.8 Å². The van der Waals surface area contributed by atoms with Crippen LogP contribution in [-0.2, 0) is 0 Å². The molecule has 0 spiro atoms. The summed E-state index contributed by atoms with van der Waals surface area (Å²) in [6.07, 6.45) is 0. The van der Waals surface area contributed by atoms with Crippen molar-refractivity contribution in [2.75, 3.05) is 10.6 Å². The Balaban J connectivity index is 1.39. The van der Waals surface area contributed by atoms with Crippen LogP contribution < -0.4 is 21.5 Å². The number of nitro groups is 1. The van der Waals surface area contributed by atoms with Crippen LogP contribution >= 0.6 is 34.9 Å². The molecule has 45 heavy (non-hydrogen) atoms. The molecule has 0 radical (unpaired) electrons. The van der Waals surface area contributed by atoms with Crippen molar-refractivity contribution >= 4 is 78.4 Å². The van der Waals surface area contributed by atoms with Crippen LogP contribution in [0.25, 0.3) is 27.2 Å². The first-order valence-electron chi connectivity index (χ1n) is 13.0. The molecule has 0 saturated carbocycles. The van der Waals surface area contributed by atoms with Crippen molar-refractivity contribution < 1.29 is 14.5 Å². The topological polar surface area (TPSA) is 174 Å². The molecule has 3 aromatic heterocycles. The molecule has 3 heterocycles. The molecule has 2 amide bonds. The lowest BCUT2D eigenvalue weighted by atomic mass is 10.2. The Morgan fingerprint density at radius 1 is 0.867 bits per heavy atom. The van der Waals surface area contributed by atoms with Gasteiger partial charge < -0.3 is 5.32 Å². The van der Waals surface area contributed by atoms with E-state index in [0.717, 1.165) is 27.4 Å². The molecule has 0 aliphatic heterocycles. The summed E-state index contributed by atoms with van der Waals surface area (Å²) in [6, 6.07) is 22.4. The lowest BCUT2D eigenvalue weighted by Crippen LogP contribution is -2.34. The Bertz CT molecular complexity index is 2150. The van der Waals surface area contributed by atoms with Gasteiger partial charge in [-0.3, -0.25) is 35.1 Å². The van der Waals surface area contributed by atoms with E-state index in [0.29, 0.717) is 26.5 Å². The first-order valence-corrected chi connectivity index (χ1v) is 15.1. The molecule has 0 bridgehead atoms. The summed E-state index contributed by atoms with van der Waals surface area (Å²) in [6.45, 7) is 0. The molecule has 222 valence electrons. The van der Waals surface area contributed by atoms with Gasteiger partial charge in [0.05, 0.1) is 16.0 Å². The molecule has 3 aromatic carbocycles. The monoisotopic (exact) mass is 654 g/mol. The predicted molar refractivity (Wildman–Crippen MR) is 175 cm³/mol. The zero-order valence-corrected chi connectivity index (χ0v) is 25.1. The number of hydrogen-bond acceptors (Lipinski definition) is 11. The maximum Gasteiger partial charge on any atom is 0.282 e. The van der Waals surface area contributed by atoms with Crippen LogP contribution in [-0.4, -0.2) is 41.8 Å². The third kappa shape index (κ3) is 6.19. The average Bonchev–Trinajstić information content (AvgIpc) is 3.70. The third-order valence-corrected chi connectivity index (χ3v) is 8.28. The molecule has 3 N–H and O–H groups in total. The first-order chi connectivity index (χ1) is 21.8. The third-order valence-electron chi connectivity index (χ3n) is 6.33. The number of carbonyl (C=O) groups is 2. The van der Waals surface area contributed by atoms with Crippen LogP contribution in [0.5, 0.6) is 0 Å². The van der Waals surface area contributed by atoms with Crippen LogP contribution in [0.15, 0.2) is 95.1 Å². The van der Waals surface area contributed by atoms with Gasteiger partial charge in [-0.25, -0.2) is 0 Å². The van der Waals surface area contributed by atoms with Crippen molar-refractivity contribution in [2.45, 2.75) is 0 Å². The Hall–Kier alpha value is -5.71. The second-order valence-electron chi connectivity index (χ2n) is 9.20. The van der Waals surface area contributed by atoms with Crippen molar-refractivity contribution in [3.63, 3.8) is 0 Å². The summed E-state index contributed by atoms with van der Waals surface area (Å²) in [4.78, 5) is 49.8. The minimum Gasteiger partial charge on any atom is -0.323 e. The lowest BCUT2D eigenvalue weighted by Gasteiger charge is -2.10. The number of nitrogens with zero attached hydrogens (tertiary/aromatic N) is 5. The summed E-state index contributed by atoms with van der Waals surface area (Å²) >= 11 is 7.58. The zero-order valence-electron chi connectivity index (χ0n) is 22.7. The van der Waals surface area contributed by atoms with E-state index in [1.165, 1.54) is 24.3 Å². The molecule has 0 aliphatic rings. The van der Waals surface area contributed by atoms with Gasteiger partial charge in [-0.15, -0.1) is 21.5 Å². The molecule has 13 nitrogen and oxygen atoms in total. The maximum atomic E-state index is 13.9. The number of carbonyl (C=O) groups excluding carboxylic acids is 2. The average molecular weight is 655 g/mol. The molecule has 0 aliphatic carbocycles. The highest BCUT2D eigenvalue weighted by atomic mass is 32.1. The van der Waals surface area contributed by atoms with Crippen molar-refractivity contribution in [3.05, 3.63) is 122 Å². The minimum atomic E-state index is -0.550.